The summed E-state index contributed by atoms with van der Waals surface area (Å²) in [6.07, 6.45) is 5.94. The van der Waals surface area contributed by atoms with Crippen LogP contribution >= 0.6 is 0 Å². The number of nitrogens with zero attached hydrogens (tertiary/aromatic N) is 3. The summed E-state index contributed by atoms with van der Waals surface area (Å²) in [7, 11) is 0. The highest BCUT2D eigenvalue weighted by molar-refractivity contribution is 5.76. The third-order valence-corrected chi connectivity index (χ3v) is 4.26. The predicted octanol–water partition coefficient (Wildman–Crippen LogP) is 2.20. The second-order valence-electron chi connectivity index (χ2n) is 5.89. The molecule has 21 heavy (non-hydrogen) atoms. The Hall–Kier alpha value is -1.77. The molecule has 1 saturated heterocycles. The fourth-order valence-electron chi connectivity index (χ4n) is 3.00. The van der Waals surface area contributed by atoms with E-state index in [1.807, 2.05) is 9.80 Å². The number of rotatable bonds is 6. The van der Waals surface area contributed by atoms with Crippen LogP contribution in [0.3, 0.4) is 0 Å². The van der Waals surface area contributed by atoms with Gasteiger partial charge in [-0.3, -0.25) is 4.79 Å². The van der Waals surface area contributed by atoms with Crippen molar-refractivity contribution in [3.63, 3.8) is 0 Å². The first kappa shape index (κ1) is 15.6. The molecule has 1 aliphatic heterocycles. The van der Waals surface area contributed by atoms with E-state index in [0.717, 1.165) is 32.1 Å². The van der Waals surface area contributed by atoms with E-state index in [1.165, 1.54) is 0 Å². The maximum absolute atomic E-state index is 12.7. The lowest BCUT2D eigenvalue weighted by molar-refractivity contribution is -0.137. The van der Waals surface area contributed by atoms with E-state index in [2.05, 4.69) is 6.07 Å². The Labute approximate surface area is 125 Å². The predicted molar refractivity (Wildman–Crippen MR) is 76.6 cm³/mol. The largest absolute Gasteiger partial charge is 0.481 e. The second-order valence-corrected chi connectivity index (χ2v) is 5.89. The average Bonchev–Trinajstić information content (AvgIpc) is 3.30. The number of urea groups is 1. The molecule has 2 aliphatic rings. The first-order valence-corrected chi connectivity index (χ1v) is 7.79. The third-order valence-electron chi connectivity index (χ3n) is 4.26. The zero-order chi connectivity index (χ0) is 15.2. The van der Waals surface area contributed by atoms with E-state index >= 15 is 0 Å². The van der Waals surface area contributed by atoms with Gasteiger partial charge in [-0.1, -0.05) is 0 Å². The molecular weight excluding hydrogens is 270 g/mol. The van der Waals surface area contributed by atoms with E-state index in [9.17, 15) is 9.59 Å². The second kappa shape index (κ2) is 7.30. The Morgan fingerprint density at radius 2 is 2.05 bits per heavy atom. The van der Waals surface area contributed by atoms with Crippen LogP contribution in [0, 0.1) is 11.3 Å². The van der Waals surface area contributed by atoms with Crippen molar-refractivity contribution in [1.82, 2.24) is 9.80 Å². The number of aliphatic carboxylic acids is 1. The summed E-state index contributed by atoms with van der Waals surface area (Å²) in [5, 5.41) is 17.6. The van der Waals surface area contributed by atoms with Crippen molar-refractivity contribution < 1.29 is 14.7 Å². The Balaban J connectivity index is 1.98. The molecule has 1 atom stereocenters. The van der Waals surface area contributed by atoms with Crippen LogP contribution in [0.25, 0.3) is 0 Å². The number of amides is 2. The zero-order valence-electron chi connectivity index (χ0n) is 12.3. The van der Waals surface area contributed by atoms with Crippen LogP contribution in [-0.2, 0) is 4.79 Å². The summed E-state index contributed by atoms with van der Waals surface area (Å²) < 4.78 is 0. The smallest absolute Gasteiger partial charge is 0.320 e. The summed E-state index contributed by atoms with van der Waals surface area (Å²) in [5.41, 5.74) is 0. The summed E-state index contributed by atoms with van der Waals surface area (Å²) in [5.74, 6) is -0.809. The van der Waals surface area contributed by atoms with Gasteiger partial charge in [0.1, 0.15) is 0 Å². The van der Waals surface area contributed by atoms with Crippen molar-refractivity contribution in [2.45, 2.75) is 63.5 Å². The highest BCUT2D eigenvalue weighted by Gasteiger charge is 2.37. The molecule has 1 heterocycles. The van der Waals surface area contributed by atoms with Crippen molar-refractivity contribution in [2.75, 3.05) is 13.1 Å². The van der Waals surface area contributed by atoms with E-state index in [-0.39, 0.29) is 24.5 Å². The van der Waals surface area contributed by atoms with Gasteiger partial charge >= 0.3 is 12.0 Å². The van der Waals surface area contributed by atoms with Crippen molar-refractivity contribution in [1.29, 1.82) is 5.26 Å². The van der Waals surface area contributed by atoms with Crippen LogP contribution in [0.15, 0.2) is 0 Å². The minimum absolute atomic E-state index is 0.00263. The molecule has 0 aromatic carbocycles. The molecule has 1 saturated carbocycles. The monoisotopic (exact) mass is 293 g/mol. The molecule has 1 N–H and O–H groups in total. The number of hydrogen-bond donors (Lipinski definition) is 1. The molecular formula is C15H23N3O3. The zero-order valence-corrected chi connectivity index (χ0v) is 12.3. The van der Waals surface area contributed by atoms with Crippen molar-refractivity contribution >= 4 is 12.0 Å². The minimum Gasteiger partial charge on any atom is -0.481 e. The van der Waals surface area contributed by atoms with Gasteiger partial charge in [0.05, 0.1) is 12.5 Å². The van der Waals surface area contributed by atoms with E-state index in [1.54, 1.807) is 0 Å². The number of nitriles is 1. The lowest BCUT2D eigenvalue weighted by atomic mass is 9.98. The molecule has 0 aromatic heterocycles. The normalized spacial score (nSPS) is 21.7. The van der Waals surface area contributed by atoms with Gasteiger partial charge < -0.3 is 14.9 Å². The average molecular weight is 293 g/mol. The van der Waals surface area contributed by atoms with Crippen LogP contribution in [0.1, 0.15) is 51.4 Å². The van der Waals surface area contributed by atoms with Gasteiger partial charge in [-0.25, -0.2) is 4.79 Å². The molecule has 0 spiro atoms. The number of piperidine rings is 1. The standard InChI is InChI=1S/C15H23N3O3/c16-9-3-11-18(13-5-6-13)15(21)17-10-2-1-4-12(17)7-8-14(19)20/h12-13H,1-8,10-11H2,(H,19,20). The maximum Gasteiger partial charge on any atom is 0.320 e. The molecule has 2 rings (SSSR count). The van der Waals surface area contributed by atoms with Crippen molar-refractivity contribution in [2.24, 2.45) is 0 Å². The van der Waals surface area contributed by atoms with Gasteiger partial charge in [0.15, 0.2) is 0 Å². The van der Waals surface area contributed by atoms with E-state index in [0.29, 0.717) is 25.9 Å². The summed E-state index contributed by atoms with van der Waals surface area (Å²) in [4.78, 5) is 27.2. The fraction of sp³-hybridized carbons (Fsp3) is 0.800. The topological polar surface area (TPSA) is 84.6 Å². The number of carboxylic acid groups (broad SMARTS) is 1. The van der Waals surface area contributed by atoms with Crippen LogP contribution in [0.4, 0.5) is 4.79 Å². The molecule has 1 aliphatic carbocycles. The molecule has 0 bridgehead atoms. The lowest BCUT2D eigenvalue weighted by Crippen LogP contribution is -2.51. The van der Waals surface area contributed by atoms with Crippen LogP contribution < -0.4 is 0 Å². The molecule has 0 aromatic rings. The van der Waals surface area contributed by atoms with Gasteiger partial charge in [0.25, 0.3) is 0 Å². The Morgan fingerprint density at radius 3 is 2.67 bits per heavy atom. The third kappa shape index (κ3) is 4.35. The summed E-state index contributed by atoms with van der Waals surface area (Å²) in [6.45, 7) is 1.20. The Bertz CT molecular complexity index is 428. The highest BCUT2D eigenvalue weighted by Crippen LogP contribution is 2.30. The SMILES string of the molecule is N#CCCN(C(=O)N1CCCCC1CCC(=O)O)C1CC1. The van der Waals surface area contributed by atoms with Crippen LogP contribution in [0.5, 0.6) is 0 Å². The summed E-state index contributed by atoms with van der Waals surface area (Å²) in [6, 6.07) is 2.42. The number of hydrogen-bond acceptors (Lipinski definition) is 3. The van der Waals surface area contributed by atoms with Crippen LogP contribution in [-0.4, -0.2) is 52.1 Å². The highest BCUT2D eigenvalue weighted by atomic mass is 16.4. The quantitative estimate of drug-likeness (QED) is 0.813. The van der Waals surface area contributed by atoms with Gasteiger partial charge in [0, 0.05) is 31.6 Å². The number of carbonyl (C=O) groups excluding carboxylic acids is 1. The first-order valence-electron chi connectivity index (χ1n) is 7.79. The van der Waals surface area contributed by atoms with Gasteiger partial charge in [-0.2, -0.15) is 5.26 Å². The fourth-order valence-corrected chi connectivity index (χ4v) is 3.00. The maximum atomic E-state index is 12.7. The van der Waals surface area contributed by atoms with Crippen LogP contribution in [0.2, 0.25) is 0 Å². The van der Waals surface area contributed by atoms with Gasteiger partial charge in [0.2, 0.25) is 0 Å². The molecule has 2 fully saturated rings. The van der Waals surface area contributed by atoms with Crippen molar-refractivity contribution in [3.05, 3.63) is 0 Å². The Morgan fingerprint density at radius 1 is 1.29 bits per heavy atom. The van der Waals surface area contributed by atoms with Crippen molar-refractivity contribution in [3.8, 4) is 6.07 Å². The van der Waals surface area contributed by atoms with Gasteiger partial charge in [-0.05, 0) is 38.5 Å². The lowest BCUT2D eigenvalue weighted by Gasteiger charge is -2.39. The molecule has 6 nitrogen and oxygen atoms in total. The molecule has 1 unspecified atom stereocenters. The molecule has 0 radical (unpaired) electrons. The van der Waals surface area contributed by atoms with Gasteiger partial charge in [-0.15, -0.1) is 0 Å². The molecule has 2 amide bonds. The van der Waals surface area contributed by atoms with E-state index < -0.39 is 5.97 Å². The number of likely N-dealkylation sites (tertiary alicyclic amines) is 1. The first-order chi connectivity index (χ1) is 10.1. The molecule has 116 valence electrons. The minimum atomic E-state index is -0.809. The number of carboxylic acids is 1. The van der Waals surface area contributed by atoms with E-state index in [4.69, 9.17) is 10.4 Å². The number of carbonyl (C=O) groups is 2. The summed E-state index contributed by atoms with van der Waals surface area (Å²) >= 11 is 0. The molecule has 6 heteroatoms. The Kier molecular flexibility index (Phi) is 5.43.